The Labute approximate surface area is 561 Å². The summed E-state index contributed by atoms with van der Waals surface area (Å²) in [4.78, 5) is 25.7. The average molecular weight is 1280 g/mol. The Bertz CT molecular complexity index is 1700. The van der Waals surface area contributed by atoms with E-state index in [9.17, 15) is 19.4 Å². The van der Waals surface area contributed by atoms with Gasteiger partial charge in [0.1, 0.15) is 13.2 Å². The molecular formula is C81H153N2O6P. The van der Waals surface area contributed by atoms with Crippen molar-refractivity contribution in [3.63, 3.8) is 0 Å². The van der Waals surface area contributed by atoms with Crippen LogP contribution in [0.25, 0.3) is 0 Å². The van der Waals surface area contributed by atoms with Gasteiger partial charge in [-0.3, -0.25) is 9.36 Å². The monoisotopic (exact) mass is 1280 g/mol. The molecule has 0 saturated heterocycles. The zero-order valence-corrected chi connectivity index (χ0v) is 61.5. The summed E-state index contributed by atoms with van der Waals surface area (Å²) in [5.74, 6) is -0.190. The number of phosphoric ester groups is 1. The third kappa shape index (κ3) is 73.4. The van der Waals surface area contributed by atoms with Gasteiger partial charge in [-0.1, -0.05) is 389 Å². The number of rotatable bonds is 73. The molecule has 0 aromatic heterocycles. The number of carbonyl (C=O) groups excluding carboxylic acids is 1. The predicted molar refractivity (Wildman–Crippen MR) is 394 cm³/mol. The molecule has 8 nitrogen and oxygen atoms in total. The largest absolute Gasteiger partial charge is 0.756 e. The van der Waals surface area contributed by atoms with Gasteiger partial charge in [-0.05, 0) is 64.2 Å². The summed E-state index contributed by atoms with van der Waals surface area (Å²) >= 11 is 0. The highest BCUT2D eigenvalue weighted by Gasteiger charge is 2.23. The van der Waals surface area contributed by atoms with E-state index in [2.05, 4.69) is 79.9 Å². The molecule has 0 fully saturated rings. The van der Waals surface area contributed by atoms with Gasteiger partial charge in [0.25, 0.3) is 7.82 Å². The second-order valence-corrected chi connectivity index (χ2v) is 29.5. The van der Waals surface area contributed by atoms with Crippen molar-refractivity contribution in [3.05, 3.63) is 72.9 Å². The van der Waals surface area contributed by atoms with Gasteiger partial charge in [-0.15, -0.1) is 0 Å². The van der Waals surface area contributed by atoms with Crippen LogP contribution in [0.5, 0.6) is 0 Å². The van der Waals surface area contributed by atoms with Crippen molar-refractivity contribution in [2.24, 2.45) is 0 Å². The Hall–Kier alpha value is -2.06. The fourth-order valence-electron chi connectivity index (χ4n) is 11.9. The van der Waals surface area contributed by atoms with Crippen LogP contribution in [0.3, 0.4) is 0 Å². The Morgan fingerprint density at radius 2 is 0.678 bits per heavy atom. The van der Waals surface area contributed by atoms with Crippen molar-refractivity contribution in [2.75, 3.05) is 40.9 Å². The fourth-order valence-corrected chi connectivity index (χ4v) is 12.6. The highest BCUT2D eigenvalue weighted by molar-refractivity contribution is 7.45. The van der Waals surface area contributed by atoms with Crippen molar-refractivity contribution in [1.29, 1.82) is 0 Å². The number of quaternary nitrogens is 1. The van der Waals surface area contributed by atoms with E-state index in [4.69, 9.17) is 9.05 Å². The molecule has 0 spiro atoms. The molecule has 1 amide bonds. The van der Waals surface area contributed by atoms with Crippen LogP contribution in [0.4, 0.5) is 0 Å². The van der Waals surface area contributed by atoms with E-state index in [1.165, 1.54) is 295 Å². The summed E-state index contributed by atoms with van der Waals surface area (Å²) in [6.45, 7) is 4.59. The van der Waals surface area contributed by atoms with Crippen LogP contribution in [0.2, 0.25) is 0 Å². The summed E-state index contributed by atoms with van der Waals surface area (Å²) in [5.41, 5.74) is 0. The highest BCUT2D eigenvalue weighted by Crippen LogP contribution is 2.38. The number of phosphoric acid groups is 1. The molecular weight excluding hydrogens is 1130 g/mol. The summed E-state index contributed by atoms with van der Waals surface area (Å²) in [6, 6.07) is -0.889. The van der Waals surface area contributed by atoms with E-state index in [1.54, 1.807) is 6.08 Å². The molecule has 0 aromatic rings. The van der Waals surface area contributed by atoms with Crippen molar-refractivity contribution in [1.82, 2.24) is 5.32 Å². The van der Waals surface area contributed by atoms with Crippen LogP contribution < -0.4 is 10.2 Å². The number of aliphatic hydroxyl groups excluding tert-OH is 1. The number of amides is 1. The standard InChI is InChI=1S/C81H153N2O6P/c1-6-8-10-12-14-16-18-20-22-24-26-28-30-32-34-36-37-38-39-40-41-42-43-44-45-47-49-51-53-55-57-59-61-63-65-67-69-71-73-75-81(85)82-79(78-89-90(86,87)88-77-76-83(3,4)5)80(84)74-72-70-68-66-64-62-60-58-56-54-52-50-48-46-35-33-31-29-27-25-23-21-19-17-15-13-11-9-7-2/h8,10,14,16,20,22,26,28,32,34,72,74,79-80,84H,6-7,9,11-13,15,17-19,21,23-25,27,29-31,33,35-71,73,75-78H2,1-5H3,(H-,82,85,86,87)/b10-8-,16-14-,22-20-,28-26-,34-32-,74-72+. The maximum absolute atomic E-state index is 13.1. The molecule has 0 radical (unpaired) electrons. The summed E-state index contributed by atoms with van der Waals surface area (Å²) in [5, 5.41) is 14.0. The molecule has 90 heavy (non-hydrogen) atoms. The third-order valence-corrected chi connectivity index (χ3v) is 18.9. The maximum atomic E-state index is 13.1. The second-order valence-electron chi connectivity index (χ2n) is 28.0. The zero-order chi connectivity index (χ0) is 65.5. The molecule has 0 rings (SSSR count). The first-order valence-corrected chi connectivity index (χ1v) is 40.8. The number of hydrogen-bond acceptors (Lipinski definition) is 6. The quantitative estimate of drug-likeness (QED) is 0.0272. The van der Waals surface area contributed by atoms with E-state index < -0.39 is 20.0 Å². The fraction of sp³-hybridized carbons (Fsp3) is 0.840. The maximum Gasteiger partial charge on any atom is 0.268 e. The number of aliphatic hydroxyl groups is 1. The lowest BCUT2D eigenvalue weighted by Crippen LogP contribution is -2.45. The number of allylic oxidation sites excluding steroid dienone is 11. The third-order valence-electron chi connectivity index (χ3n) is 17.9. The normalized spacial score (nSPS) is 13.9. The van der Waals surface area contributed by atoms with Gasteiger partial charge in [0.05, 0.1) is 39.9 Å². The van der Waals surface area contributed by atoms with Crippen LogP contribution in [0.15, 0.2) is 72.9 Å². The molecule has 528 valence electrons. The number of nitrogens with zero attached hydrogens (tertiary/aromatic N) is 1. The number of nitrogens with one attached hydrogen (secondary N) is 1. The van der Waals surface area contributed by atoms with Crippen LogP contribution in [0.1, 0.15) is 386 Å². The summed E-state index contributed by atoms with van der Waals surface area (Å²) in [6.07, 6.45) is 101. The molecule has 0 heterocycles. The second kappa shape index (κ2) is 71.2. The molecule has 0 aliphatic heterocycles. The van der Waals surface area contributed by atoms with Gasteiger partial charge in [-0.2, -0.15) is 0 Å². The topological polar surface area (TPSA) is 108 Å². The van der Waals surface area contributed by atoms with Gasteiger partial charge in [0.15, 0.2) is 0 Å². The summed E-state index contributed by atoms with van der Waals surface area (Å²) < 4.78 is 23.5. The van der Waals surface area contributed by atoms with Crippen molar-refractivity contribution < 1.29 is 32.9 Å². The molecule has 9 heteroatoms. The van der Waals surface area contributed by atoms with Gasteiger partial charge in [0.2, 0.25) is 5.91 Å². The highest BCUT2D eigenvalue weighted by atomic mass is 31.2. The van der Waals surface area contributed by atoms with E-state index in [1.807, 2.05) is 27.2 Å². The van der Waals surface area contributed by atoms with Crippen LogP contribution in [-0.2, 0) is 18.4 Å². The minimum absolute atomic E-state index is 0.0000221. The first-order valence-electron chi connectivity index (χ1n) is 39.3. The first kappa shape index (κ1) is 87.9. The smallest absolute Gasteiger partial charge is 0.268 e. The predicted octanol–water partition coefficient (Wildman–Crippen LogP) is 25.0. The van der Waals surface area contributed by atoms with Crippen molar-refractivity contribution in [3.8, 4) is 0 Å². The average Bonchev–Trinajstić information content (AvgIpc) is 3.72. The minimum Gasteiger partial charge on any atom is -0.756 e. The van der Waals surface area contributed by atoms with Gasteiger partial charge in [-0.25, -0.2) is 0 Å². The van der Waals surface area contributed by atoms with E-state index in [0.29, 0.717) is 17.4 Å². The van der Waals surface area contributed by atoms with Crippen LogP contribution in [-0.4, -0.2) is 68.5 Å². The van der Waals surface area contributed by atoms with Crippen molar-refractivity contribution >= 4 is 13.7 Å². The van der Waals surface area contributed by atoms with Crippen molar-refractivity contribution in [2.45, 2.75) is 398 Å². The molecule has 0 saturated carbocycles. The Kier molecular flexibility index (Phi) is 69.6. The van der Waals surface area contributed by atoms with E-state index in [-0.39, 0.29) is 19.1 Å². The Morgan fingerprint density at radius 1 is 0.400 bits per heavy atom. The number of hydrogen-bond donors (Lipinski definition) is 2. The SMILES string of the molecule is CC/C=C\C/C=C\C/C=C\C/C=C\C/C=C\CCCCCCCCCCCCCCCCCCCCCCCCCC(=O)NC(COP(=O)([O-])OCC[N+](C)(C)C)C(O)/C=C/CCCCCCCCCCCCCCCCCCCCCCCCCCCCC. The zero-order valence-electron chi connectivity index (χ0n) is 60.6. The van der Waals surface area contributed by atoms with E-state index in [0.717, 1.165) is 70.6 Å². The van der Waals surface area contributed by atoms with Gasteiger partial charge in [0, 0.05) is 6.42 Å². The number of unbranched alkanes of at least 4 members (excludes halogenated alkanes) is 50. The number of likely N-dealkylation sites (N-methyl/N-ethyl adjacent to an activating group) is 1. The van der Waals surface area contributed by atoms with E-state index >= 15 is 0 Å². The minimum atomic E-state index is -4.61. The lowest BCUT2D eigenvalue weighted by Gasteiger charge is -2.29. The molecule has 3 atom stereocenters. The molecule has 2 N–H and O–H groups in total. The van der Waals surface area contributed by atoms with Crippen LogP contribution >= 0.6 is 7.82 Å². The Balaban J connectivity index is 3.95. The molecule has 0 aliphatic carbocycles. The number of carbonyl (C=O) groups is 1. The van der Waals surface area contributed by atoms with Gasteiger partial charge < -0.3 is 28.8 Å². The first-order chi connectivity index (χ1) is 44.0. The lowest BCUT2D eigenvalue weighted by atomic mass is 10.0. The Morgan fingerprint density at radius 3 is 0.989 bits per heavy atom. The van der Waals surface area contributed by atoms with Gasteiger partial charge >= 0.3 is 0 Å². The molecule has 0 bridgehead atoms. The summed E-state index contributed by atoms with van der Waals surface area (Å²) in [7, 11) is 1.28. The molecule has 3 unspecified atom stereocenters. The molecule has 0 aromatic carbocycles. The van der Waals surface area contributed by atoms with Crippen LogP contribution in [0, 0.1) is 0 Å². The lowest BCUT2D eigenvalue weighted by molar-refractivity contribution is -0.870. The molecule has 0 aliphatic rings.